The first-order chi connectivity index (χ1) is 9.97. The van der Waals surface area contributed by atoms with Crippen molar-refractivity contribution in [1.82, 2.24) is 0 Å². The SMILES string of the molecule is CCC[C@H]1C(=O)C[C@@]2(C(O)[C@@H]3C=CCCC3)C(=O)O[C@@]12C. The van der Waals surface area contributed by atoms with Crippen LogP contribution in [0.5, 0.6) is 0 Å². The summed E-state index contributed by atoms with van der Waals surface area (Å²) < 4.78 is 5.46. The Morgan fingerprint density at radius 3 is 2.81 bits per heavy atom. The van der Waals surface area contributed by atoms with Gasteiger partial charge in [-0.15, -0.1) is 0 Å². The van der Waals surface area contributed by atoms with E-state index in [4.69, 9.17) is 4.74 Å². The second-order valence-corrected chi connectivity index (χ2v) is 6.92. The second-order valence-electron chi connectivity index (χ2n) is 6.92. The minimum atomic E-state index is -1.02. The molecule has 1 saturated heterocycles. The Bertz CT molecular complexity index is 497. The van der Waals surface area contributed by atoms with Crippen molar-refractivity contribution in [1.29, 1.82) is 0 Å². The van der Waals surface area contributed by atoms with Gasteiger partial charge in [-0.2, -0.15) is 0 Å². The molecule has 1 heterocycles. The van der Waals surface area contributed by atoms with Crippen LogP contribution in [-0.2, 0) is 14.3 Å². The van der Waals surface area contributed by atoms with E-state index in [1.165, 1.54) is 0 Å². The van der Waals surface area contributed by atoms with Crippen molar-refractivity contribution in [3.8, 4) is 0 Å². The van der Waals surface area contributed by atoms with Crippen LogP contribution in [0.25, 0.3) is 0 Å². The fraction of sp³-hybridized carbons (Fsp3) is 0.765. The molecule has 0 amide bonds. The van der Waals surface area contributed by atoms with E-state index in [1.54, 1.807) is 0 Å². The Morgan fingerprint density at radius 2 is 2.24 bits per heavy atom. The molecule has 1 unspecified atom stereocenters. The maximum Gasteiger partial charge on any atom is 0.319 e. The smallest absolute Gasteiger partial charge is 0.319 e. The molecule has 1 aliphatic heterocycles. The third-order valence-corrected chi connectivity index (χ3v) is 5.84. The maximum atomic E-state index is 12.4. The van der Waals surface area contributed by atoms with Gasteiger partial charge in [-0.3, -0.25) is 9.59 Å². The molecule has 2 fully saturated rings. The van der Waals surface area contributed by atoms with Crippen molar-refractivity contribution in [2.24, 2.45) is 17.3 Å². The molecule has 0 aromatic rings. The fourth-order valence-electron chi connectivity index (χ4n) is 4.58. The Balaban J connectivity index is 1.94. The molecule has 0 aromatic heterocycles. The lowest BCUT2D eigenvalue weighted by Gasteiger charge is -2.55. The number of rotatable bonds is 4. The highest BCUT2D eigenvalue weighted by Crippen LogP contribution is 2.62. The fourth-order valence-corrected chi connectivity index (χ4v) is 4.58. The molecule has 0 spiro atoms. The lowest BCUT2D eigenvalue weighted by molar-refractivity contribution is -0.263. The zero-order valence-corrected chi connectivity index (χ0v) is 12.8. The highest BCUT2D eigenvalue weighted by atomic mass is 16.6. The predicted octanol–water partition coefficient (Wildman–Crippen LogP) is 2.39. The van der Waals surface area contributed by atoms with Crippen molar-refractivity contribution in [2.45, 2.75) is 64.1 Å². The highest BCUT2D eigenvalue weighted by Gasteiger charge is 2.78. The average Bonchev–Trinajstić information content (AvgIpc) is 2.65. The number of aliphatic hydroxyl groups is 1. The molecule has 1 N–H and O–H groups in total. The number of aliphatic hydroxyl groups excluding tert-OH is 1. The van der Waals surface area contributed by atoms with Crippen LogP contribution in [-0.4, -0.2) is 28.6 Å². The predicted molar refractivity (Wildman–Crippen MR) is 77.4 cm³/mol. The summed E-state index contributed by atoms with van der Waals surface area (Å²) in [6.45, 7) is 3.87. The van der Waals surface area contributed by atoms with Gasteiger partial charge in [-0.05, 0) is 32.6 Å². The van der Waals surface area contributed by atoms with Gasteiger partial charge in [0.1, 0.15) is 16.8 Å². The minimum absolute atomic E-state index is 0.0425. The van der Waals surface area contributed by atoms with E-state index in [0.717, 1.165) is 32.1 Å². The molecule has 5 atom stereocenters. The number of hydrogen-bond donors (Lipinski definition) is 1. The number of carbonyl (C=O) groups is 2. The van der Waals surface area contributed by atoms with Gasteiger partial charge >= 0.3 is 5.97 Å². The van der Waals surface area contributed by atoms with Crippen LogP contribution >= 0.6 is 0 Å². The first-order valence-electron chi connectivity index (χ1n) is 8.08. The van der Waals surface area contributed by atoms with Gasteiger partial charge in [-0.25, -0.2) is 0 Å². The van der Waals surface area contributed by atoms with Gasteiger partial charge < -0.3 is 9.84 Å². The van der Waals surface area contributed by atoms with Crippen molar-refractivity contribution in [3.05, 3.63) is 12.2 Å². The van der Waals surface area contributed by atoms with Gasteiger partial charge in [0.15, 0.2) is 0 Å². The molecule has 3 rings (SSSR count). The molecule has 1 saturated carbocycles. The molecule has 2 aliphatic carbocycles. The molecule has 116 valence electrons. The van der Waals surface area contributed by atoms with Gasteiger partial charge in [-0.1, -0.05) is 25.5 Å². The van der Waals surface area contributed by atoms with E-state index >= 15 is 0 Å². The van der Waals surface area contributed by atoms with E-state index in [2.05, 4.69) is 6.08 Å². The zero-order valence-electron chi connectivity index (χ0n) is 12.8. The lowest BCUT2D eigenvalue weighted by Crippen LogP contribution is -2.70. The summed E-state index contributed by atoms with van der Waals surface area (Å²) in [4.78, 5) is 24.7. The number of carbonyl (C=O) groups excluding carboxylic acids is 2. The number of ether oxygens (including phenoxy) is 1. The van der Waals surface area contributed by atoms with Crippen LogP contribution in [0.1, 0.15) is 52.4 Å². The molecule has 4 nitrogen and oxygen atoms in total. The molecule has 21 heavy (non-hydrogen) atoms. The second kappa shape index (κ2) is 4.94. The Labute approximate surface area is 125 Å². The maximum absolute atomic E-state index is 12.4. The van der Waals surface area contributed by atoms with Crippen molar-refractivity contribution in [3.63, 3.8) is 0 Å². The molecule has 3 aliphatic rings. The van der Waals surface area contributed by atoms with Crippen LogP contribution in [0.2, 0.25) is 0 Å². The van der Waals surface area contributed by atoms with Crippen LogP contribution in [0.3, 0.4) is 0 Å². The average molecular weight is 292 g/mol. The Morgan fingerprint density at radius 1 is 1.48 bits per heavy atom. The summed E-state index contributed by atoms with van der Waals surface area (Å²) in [7, 11) is 0. The summed E-state index contributed by atoms with van der Waals surface area (Å²) in [5, 5.41) is 10.9. The van der Waals surface area contributed by atoms with E-state index < -0.39 is 17.1 Å². The van der Waals surface area contributed by atoms with Crippen LogP contribution in [0, 0.1) is 17.3 Å². The van der Waals surface area contributed by atoms with E-state index in [9.17, 15) is 14.7 Å². The number of fused-ring (bicyclic) bond motifs is 1. The molecule has 0 bridgehead atoms. The standard InChI is InChI=1S/C17H24O4/c1-3-7-12-13(18)10-17(15(20)21-16(12,17)2)14(19)11-8-5-4-6-9-11/h5,8,11-12,14,19H,3-4,6-7,9-10H2,1-2H3/t11-,12+,14?,16+,17-/m1/s1. The monoisotopic (exact) mass is 292 g/mol. The first kappa shape index (κ1) is 14.8. The summed E-state index contributed by atoms with van der Waals surface area (Å²) >= 11 is 0. The first-order valence-corrected chi connectivity index (χ1v) is 8.08. The van der Waals surface area contributed by atoms with E-state index in [-0.39, 0.29) is 30.0 Å². The zero-order chi connectivity index (χ0) is 15.3. The van der Waals surface area contributed by atoms with Crippen LogP contribution in [0.15, 0.2) is 12.2 Å². The lowest BCUT2D eigenvalue weighted by atomic mass is 9.60. The van der Waals surface area contributed by atoms with Crippen LogP contribution < -0.4 is 0 Å². The normalized spacial score (nSPS) is 43.2. The van der Waals surface area contributed by atoms with Gasteiger partial charge in [0.25, 0.3) is 0 Å². The topological polar surface area (TPSA) is 63.6 Å². The number of esters is 1. The minimum Gasteiger partial charge on any atom is -0.457 e. The number of hydrogen-bond acceptors (Lipinski definition) is 4. The molecular formula is C17H24O4. The summed E-state index contributed by atoms with van der Waals surface area (Å²) in [5.41, 5.74) is -1.84. The molecule has 0 aromatic carbocycles. The highest BCUT2D eigenvalue weighted by molar-refractivity contribution is 6.00. The van der Waals surface area contributed by atoms with Crippen molar-refractivity contribution >= 4 is 11.8 Å². The summed E-state index contributed by atoms with van der Waals surface area (Å²) in [5.74, 6) is -0.617. The quantitative estimate of drug-likeness (QED) is 0.638. The number of ketones is 1. The van der Waals surface area contributed by atoms with E-state index in [1.807, 2.05) is 19.9 Å². The van der Waals surface area contributed by atoms with Gasteiger partial charge in [0.05, 0.1) is 12.0 Å². The van der Waals surface area contributed by atoms with Gasteiger partial charge in [0, 0.05) is 12.3 Å². The summed E-state index contributed by atoms with van der Waals surface area (Å²) in [6.07, 6.45) is 7.90. The molecular weight excluding hydrogens is 268 g/mol. The third-order valence-electron chi connectivity index (χ3n) is 5.84. The largest absolute Gasteiger partial charge is 0.457 e. The molecule has 4 heteroatoms. The number of allylic oxidation sites excluding steroid dienone is 1. The van der Waals surface area contributed by atoms with Crippen molar-refractivity contribution in [2.75, 3.05) is 0 Å². The Hall–Kier alpha value is -1.16. The third kappa shape index (κ3) is 1.78. The summed E-state index contributed by atoms with van der Waals surface area (Å²) in [6, 6.07) is 0. The van der Waals surface area contributed by atoms with E-state index in [0.29, 0.717) is 0 Å². The number of Topliss-reactive ketones (excluding diaryl/α,β-unsaturated/α-hetero) is 1. The van der Waals surface area contributed by atoms with Crippen LogP contribution in [0.4, 0.5) is 0 Å². The molecule has 0 radical (unpaired) electrons. The Kier molecular flexibility index (Phi) is 3.47. The van der Waals surface area contributed by atoms with Crippen molar-refractivity contribution < 1.29 is 19.4 Å². The van der Waals surface area contributed by atoms with Gasteiger partial charge in [0.2, 0.25) is 0 Å².